The fraction of sp³-hybridized carbons (Fsp3) is 0.333. The molecule has 1 unspecified atom stereocenters. The molecule has 1 N–H and O–H groups in total. The lowest BCUT2D eigenvalue weighted by Crippen LogP contribution is -2.61. The molecular formula is C21H23ClN2O2. The zero-order valence-electron chi connectivity index (χ0n) is 15.3. The SMILES string of the molecule is CCN1C(=O)c2ccccc2C(C)(C)C1C(=O)NCc1ccc(Cl)cc1. The second-order valence-corrected chi connectivity index (χ2v) is 7.54. The first kappa shape index (κ1) is 18.5. The van der Waals surface area contributed by atoms with Crippen LogP contribution in [0.15, 0.2) is 48.5 Å². The summed E-state index contributed by atoms with van der Waals surface area (Å²) in [6.45, 7) is 6.83. The second-order valence-electron chi connectivity index (χ2n) is 7.11. The minimum atomic E-state index is -0.554. The maximum atomic E-state index is 13.0. The van der Waals surface area contributed by atoms with E-state index in [0.717, 1.165) is 11.1 Å². The molecule has 0 fully saturated rings. The molecule has 0 bridgehead atoms. The van der Waals surface area contributed by atoms with Crippen molar-refractivity contribution in [3.8, 4) is 0 Å². The topological polar surface area (TPSA) is 49.4 Å². The first-order chi connectivity index (χ1) is 12.4. The van der Waals surface area contributed by atoms with Crippen LogP contribution in [0.3, 0.4) is 0 Å². The second kappa shape index (κ2) is 7.12. The Hall–Kier alpha value is -2.33. The first-order valence-corrected chi connectivity index (χ1v) is 9.16. The number of nitrogens with zero attached hydrogens (tertiary/aromatic N) is 1. The molecular weight excluding hydrogens is 348 g/mol. The lowest BCUT2D eigenvalue weighted by atomic mass is 9.71. The van der Waals surface area contributed by atoms with Crippen molar-refractivity contribution < 1.29 is 9.59 Å². The third-order valence-electron chi connectivity index (χ3n) is 5.08. The monoisotopic (exact) mass is 370 g/mol. The Kier molecular flexibility index (Phi) is 5.05. The number of benzene rings is 2. The van der Waals surface area contributed by atoms with Gasteiger partial charge in [0.25, 0.3) is 5.91 Å². The molecule has 0 aliphatic carbocycles. The van der Waals surface area contributed by atoms with Crippen LogP contribution in [0.2, 0.25) is 5.02 Å². The number of nitrogens with one attached hydrogen (secondary N) is 1. The van der Waals surface area contributed by atoms with Crippen LogP contribution in [0.1, 0.15) is 42.3 Å². The fourth-order valence-corrected chi connectivity index (χ4v) is 3.85. The van der Waals surface area contributed by atoms with E-state index in [9.17, 15) is 9.59 Å². The van der Waals surface area contributed by atoms with Crippen LogP contribution in [-0.4, -0.2) is 29.3 Å². The van der Waals surface area contributed by atoms with Crippen molar-refractivity contribution in [2.45, 2.75) is 38.8 Å². The summed E-state index contributed by atoms with van der Waals surface area (Å²) in [6, 6.07) is 14.4. The third-order valence-corrected chi connectivity index (χ3v) is 5.33. The summed E-state index contributed by atoms with van der Waals surface area (Å²) < 4.78 is 0. The van der Waals surface area contributed by atoms with E-state index in [1.807, 2.05) is 57.2 Å². The number of fused-ring (bicyclic) bond motifs is 1. The number of likely N-dealkylation sites (N-methyl/N-ethyl adjacent to an activating group) is 1. The van der Waals surface area contributed by atoms with E-state index < -0.39 is 11.5 Å². The minimum Gasteiger partial charge on any atom is -0.350 e. The molecule has 2 aromatic carbocycles. The van der Waals surface area contributed by atoms with Gasteiger partial charge in [-0.3, -0.25) is 9.59 Å². The lowest BCUT2D eigenvalue weighted by Gasteiger charge is -2.45. The Morgan fingerprint density at radius 3 is 2.46 bits per heavy atom. The van der Waals surface area contributed by atoms with Gasteiger partial charge in [0.15, 0.2) is 0 Å². The van der Waals surface area contributed by atoms with Crippen LogP contribution in [0.5, 0.6) is 0 Å². The normalized spacial score (nSPS) is 18.4. The van der Waals surface area contributed by atoms with Crippen LogP contribution in [0.4, 0.5) is 0 Å². The van der Waals surface area contributed by atoms with E-state index in [0.29, 0.717) is 23.7 Å². The van der Waals surface area contributed by atoms with Crippen LogP contribution in [-0.2, 0) is 16.8 Å². The molecule has 1 heterocycles. The molecule has 0 radical (unpaired) electrons. The molecule has 2 amide bonds. The predicted octanol–water partition coefficient (Wildman–Crippen LogP) is 3.78. The molecule has 136 valence electrons. The average Bonchev–Trinajstić information content (AvgIpc) is 2.64. The third kappa shape index (κ3) is 3.21. The Balaban J connectivity index is 1.88. The molecule has 26 heavy (non-hydrogen) atoms. The maximum Gasteiger partial charge on any atom is 0.254 e. The molecule has 3 rings (SSSR count). The van der Waals surface area contributed by atoms with E-state index >= 15 is 0 Å². The summed E-state index contributed by atoms with van der Waals surface area (Å²) in [5.41, 5.74) is 2.08. The Bertz CT molecular complexity index is 830. The summed E-state index contributed by atoms with van der Waals surface area (Å²) in [6.07, 6.45) is 0. The van der Waals surface area contributed by atoms with Crippen molar-refractivity contribution in [2.75, 3.05) is 6.54 Å². The highest BCUT2D eigenvalue weighted by atomic mass is 35.5. The van der Waals surface area contributed by atoms with Gasteiger partial charge in [0.1, 0.15) is 6.04 Å². The number of carbonyl (C=O) groups excluding carboxylic acids is 2. The average molecular weight is 371 g/mol. The largest absolute Gasteiger partial charge is 0.350 e. The molecule has 1 atom stereocenters. The van der Waals surface area contributed by atoms with E-state index in [-0.39, 0.29) is 11.8 Å². The van der Waals surface area contributed by atoms with Crippen LogP contribution in [0, 0.1) is 0 Å². The molecule has 0 saturated carbocycles. The zero-order chi connectivity index (χ0) is 18.9. The number of halogens is 1. The minimum absolute atomic E-state index is 0.0888. The summed E-state index contributed by atoms with van der Waals surface area (Å²) >= 11 is 5.90. The fourth-order valence-electron chi connectivity index (χ4n) is 3.72. The van der Waals surface area contributed by atoms with Gasteiger partial charge in [0, 0.05) is 29.1 Å². The number of amides is 2. The van der Waals surface area contributed by atoms with Gasteiger partial charge in [-0.1, -0.05) is 55.8 Å². The van der Waals surface area contributed by atoms with Gasteiger partial charge in [-0.15, -0.1) is 0 Å². The Morgan fingerprint density at radius 2 is 1.81 bits per heavy atom. The number of rotatable bonds is 4. The number of hydrogen-bond donors (Lipinski definition) is 1. The summed E-state index contributed by atoms with van der Waals surface area (Å²) in [7, 11) is 0. The molecule has 4 nitrogen and oxygen atoms in total. The Morgan fingerprint density at radius 1 is 1.15 bits per heavy atom. The summed E-state index contributed by atoms with van der Waals surface area (Å²) in [5, 5.41) is 3.64. The van der Waals surface area contributed by atoms with E-state index in [1.165, 1.54) is 0 Å². The van der Waals surface area contributed by atoms with Crippen molar-refractivity contribution >= 4 is 23.4 Å². The van der Waals surface area contributed by atoms with Gasteiger partial charge >= 0.3 is 0 Å². The van der Waals surface area contributed by atoms with E-state index in [1.54, 1.807) is 17.0 Å². The molecule has 1 aliphatic heterocycles. The lowest BCUT2D eigenvalue weighted by molar-refractivity contribution is -0.128. The van der Waals surface area contributed by atoms with Gasteiger partial charge in [-0.25, -0.2) is 0 Å². The molecule has 1 aliphatic rings. The molecule has 0 aromatic heterocycles. The van der Waals surface area contributed by atoms with Gasteiger partial charge < -0.3 is 10.2 Å². The van der Waals surface area contributed by atoms with Crippen LogP contribution in [0.25, 0.3) is 0 Å². The van der Waals surface area contributed by atoms with Crippen molar-refractivity contribution in [3.05, 3.63) is 70.2 Å². The summed E-state index contributed by atoms with van der Waals surface area (Å²) in [4.78, 5) is 27.6. The van der Waals surface area contributed by atoms with Crippen molar-refractivity contribution in [3.63, 3.8) is 0 Å². The molecule has 2 aromatic rings. The van der Waals surface area contributed by atoms with Gasteiger partial charge in [-0.05, 0) is 36.2 Å². The van der Waals surface area contributed by atoms with E-state index in [4.69, 9.17) is 11.6 Å². The highest BCUT2D eigenvalue weighted by Gasteiger charge is 2.47. The predicted molar refractivity (Wildman–Crippen MR) is 103 cm³/mol. The van der Waals surface area contributed by atoms with Crippen LogP contribution >= 0.6 is 11.6 Å². The van der Waals surface area contributed by atoms with Crippen molar-refractivity contribution in [1.29, 1.82) is 0 Å². The van der Waals surface area contributed by atoms with Crippen molar-refractivity contribution in [1.82, 2.24) is 10.2 Å². The van der Waals surface area contributed by atoms with Gasteiger partial charge in [-0.2, -0.15) is 0 Å². The standard InChI is InChI=1S/C21H23ClN2O2/c1-4-24-18(19(25)23-13-14-9-11-15(22)12-10-14)21(2,3)17-8-6-5-7-16(17)20(24)26/h5-12,18H,4,13H2,1-3H3,(H,23,25). The van der Waals surface area contributed by atoms with Crippen LogP contribution < -0.4 is 5.32 Å². The quantitative estimate of drug-likeness (QED) is 0.890. The summed E-state index contributed by atoms with van der Waals surface area (Å²) in [5.74, 6) is -0.233. The first-order valence-electron chi connectivity index (χ1n) is 8.79. The van der Waals surface area contributed by atoms with Gasteiger partial charge in [0.2, 0.25) is 5.91 Å². The van der Waals surface area contributed by atoms with Gasteiger partial charge in [0.05, 0.1) is 0 Å². The van der Waals surface area contributed by atoms with E-state index in [2.05, 4.69) is 5.32 Å². The number of carbonyl (C=O) groups is 2. The highest BCUT2D eigenvalue weighted by Crippen LogP contribution is 2.38. The molecule has 5 heteroatoms. The zero-order valence-corrected chi connectivity index (χ0v) is 16.0. The smallest absolute Gasteiger partial charge is 0.254 e. The highest BCUT2D eigenvalue weighted by molar-refractivity contribution is 6.30. The molecule has 0 saturated heterocycles. The Labute approximate surface area is 159 Å². The maximum absolute atomic E-state index is 13.0. The number of hydrogen-bond acceptors (Lipinski definition) is 2. The molecule has 0 spiro atoms. The van der Waals surface area contributed by atoms with Crippen molar-refractivity contribution in [2.24, 2.45) is 0 Å².